The van der Waals surface area contributed by atoms with Gasteiger partial charge in [-0.2, -0.15) is 13.2 Å². The smallest absolute Gasteiger partial charge is 0.332 e. The quantitative estimate of drug-likeness (QED) is 0.691. The lowest BCUT2D eigenvalue weighted by molar-refractivity contribution is -0.151. The van der Waals surface area contributed by atoms with Gasteiger partial charge in [0.05, 0.1) is 0 Å². The van der Waals surface area contributed by atoms with Crippen molar-refractivity contribution in [2.45, 2.75) is 19.5 Å². The Hall–Kier alpha value is 0.750. The van der Waals surface area contributed by atoms with E-state index in [2.05, 4.69) is 4.52 Å². The Balaban J connectivity index is 3.83. The molecule has 0 amide bonds. The fraction of sp³-hybridized carbons (Fsp3) is 1.00. The van der Waals surface area contributed by atoms with Gasteiger partial charge in [-0.05, 0) is 18.8 Å². The van der Waals surface area contributed by atoms with Crippen LogP contribution < -0.4 is 0 Å². The minimum Gasteiger partial charge on any atom is -0.332 e. The lowest BCUT2D eigenvalue weighted by Gasteiger charge is -2.17. The first-order valence-electron chi connectivity index (χ1n) is 3.70. The summed E-state index contributed by atoms with van der Waals surface area (Å²) in [7, 11) is 0. The van der Waals surface area contributed by atoms with Gasteiger partial charge in [-0.1, -0.05) is 30.1 Å². The number of alkyl halides is 3. The number of rotatable bonds is 5. The number of halogens is 3. The van der Waals surface area contributed by atoms with Crippen LogP contribution in [0.2, 0.25) is 0 Å². The van der Waals surface area contributed by atoms with Gasteiger partial charge in [0.25, 0.3) is 0 Å². The van der Waals surface area contributed by atoms with E-state index in [0.717, 1.165) is 12.2 Å². The summed E-state index contributed by atoms with van der Waals surface area (Å²) < 4.78 is 39.9. The third-order valence-corrected chi connectivity index (χ3v) is 6.19. The highest BCUT2D eigenvalue weighted by molar-refractivity contribution is 8.69. The summed E-state index contributed by atoms with van der Waals surface area (Å²) >= 11 is 6.25. The van der Waals surface area contributed by atoms with Gasteiger partial charge in [0.2, 0.25) is 0 Å². The SMILES string of the molecule is CCCSP(C)(=S)OCC(F)(F)F. The van der Waals surface area contributed by atoms with Crippen LogP contribution in [0, 0.1) is 0 Å². The van der Waals surface area contributed by atoms with Crippen LogP contribution in [0.1, 0.15) is 13.3 Å². The van der Waals surface area contributed by atoms with E-state index >= 15 is 0 Å². The zero-order valence-electron chi connectivity index (χ0n) is 7.43. The first-order valence-corrected chi connectivity index (χ1v) is 8.46. The maximum atomic E-state index is 11.7. The largest absolute Gasteiger partial charge is 0.412 e. The van der Waals surface area contributed by atoms with Crippen LogP contribution >= 0.6 is 16.8 Å². The number of hydrogen-bond donors (Lipinski definition) is 0. The topological polar surface area (TPSA) is 9.23 Å². The molecule has 0 aromatic heterocycles. The van der Waals surface area contributed by atoms with E-state index in [4.69, 9.17) is 11.8 Å². The maximum Gasteiger partial charge on any atom is 0.412 e. The van der Waals surface area contributed by atoms with Crippen LogP contribution in [0.3, 0.4) is 0 Å². The van der Waals surface area contributed by atoms with Crippen LogP contribution in [-0.4, -0.2) is 25.2 Å². The van der Waals surface area contributed by atoms with E-state index < -0.39 is 18.2 Å². The van der Waals surface area contributed by atoms with Crippen molar-refractivity contribution in [3.63, 3.8) is 0 Å². The van der Waals surface area contributed by atoms with Crippen LogP contribution in [-0.2, 0) is 16.3 Å². The Kier molecular flexibility index (Phi) is 5.91. The summed E-state index contributed by atoms with van der Waals surface area (Å²) in [5.74, 6) is 0.756. The second kappa shape index (κ2) is 5.59. The third kappa shape index (κ3) is 9.06. The molecule has 80 valence electrons. The lowest BCUT2D eigenvalue weighted by atomic mass is 10.6. The molecule has 0 spiro atoms. The molecule has 0 bridgehead atoms. The summed E-state index contributed by atoms with van der Waals surface area (Å²) in [6, 6.07) is 0. The molecule has 0 fully saturated rings. The standard InChI is InChI=1S/C6H12F3OPS2/c1-3-4-13-11(2,12)10-5-6(7,8)9/h3-5H2,1-2H3. The molecule has 0 aliphatic carbocycles. The second-order valence-electron chi connectivity index (χ2n) is 2.49. The average molecular weight is 252 g/mol. The molecule has 0 aromatic rings. The molecule has 0 aliphatic rings. The summed E-state index contributed by atoms with van der Waals surface area (Å²) in [6.07, 6.45) is -3.38. The van der Waals surface area contributed by atoms with Gasteiger partial charge in [0, 0.05) is 0 Å². The molecule has 0 rings (SSSR count). The normalized spacial score (nSPS) is 17.0. The Bertz CT molecular complexity index is 195. The highest BCUT2D eigenvalue weighted by Gasteiger charge is 2.30. The summed E-state index contributed by atoms with van der Waals surface area (Å²) in [5, 5.41) is 0. The summed E-state index contributed by atoms with van der Waals surface area (Å²) in [5.41, 5.74) is -2.28. The molecule has 0 saturated carbocycles. The molecule has 0 saturated heterocycles. The Labute approximate surface area is 85.3 Å². The molecule has 0 aromatic carbocycles. The van der Waals surface area contributed by atoms with Gasteiger partial charge >= 0.3 is 6.18 Å². The Morgan fingerprint density at radius 3 is 2.38 bits per heavy atom. The van der Waals surface area contributed by atoms with E-state index in [1.807, 2.05) is 6.92 Å². The van der Waals surface area contributed by atoms with Gasteiger partial charge in [-0.3, -0.25) is 0 Å². The van der Waals surface area contributed by atoms with Crippen LogP contribution in [0.4, 0.5) is 13.2 Å². The van der Waals surface area contributed by atoms with Crippen molar-refractivity contribution in [1.29, 1.82) is 0 Å². The molecule has 1 atom stereocenters. The first-order chi connectivity index (χ1) is 5.77. The fourth-order valence-electron chi connectivity index (χ4n) is 0.485. The molecule has 1 nitrogen and oxygen atoms in total. The van der Waals surface area contributed by atoms with Gasteiger partial charge in [-0.25, -0.2) is 0 Å². The van der Waals surface area contributed by atoms with Crippen molar-refractivity contribution in [1.82, 2.24) is 0 Å². The first kappa shape index (κ1) is 13.8. The zero-order chi connectivity index (χ0) is 10.5. The van der Waals surface area contributed by atoms with E-state index in [1.165, 1.54) is 11.4 Å². The molecule has 1 unspecified atom stereocenters. The minimum atomic E-state index is -4.27. The van der Waals surface area contributed by atoms with Gasteiger partial charge in [-0.15, -0.1) is 0 Å². The minimum absolute atomic E-state index is 0.756. The van der Waals surface area contributed by atoms with E-state index in [9.17, 15) is 13.2 Å². The van der Waals surface area contributed by atoms with E-state index in [0.29, 0.717) is 0 Å². The van der Waals surface area contributed by atoms with Crippen molar-refractivity contribution < 1.29 is 17.7 Å². The van der Waals surface area contributed by atoms with Crippen LogP contribution in [0.25, 0.3) is 0 Å². The zero-order valence-corrected chi connectivity index (χ0v) is 9.95. The summed E-state index contributed by atoms with van der Waals surface area (Å²) in [4.78, 5) is 0. The number of hydrogen-bond acceptors (Lipinski definition) is 3. The van der Waals surface area contributed by atoms with Gasteiger partial charge in [0.1, 0.15) is 12.1 Å². The van der Waals surface area contributed by atoms with Gasteiger partial charge in [0.15, 0.2) is 0 Å². The molecule has 7 heteroatoms. The Morgan fingerprint density at radius 1 is 1.46 bits per heavy atom. The van der Waals surface area contributed by atoms with Crippen molar-refractivity contribution >= 4 is 28.7 Å². The molecule has 13 heavy (non-hydrogen) atoms. The monoisotopic (exact) mass is 252 g/mol. The predicted octanol–water partition coefficient (Wildman–Crippen LogP) is 3.65. The molecular formula is C6H12F3OPS2. The fourth-order valence-corrected chi connectivity index (χ4v) is 4.21. The van der Waals surface area contributed by atoms with Crippen molar-refractivity contribution in [2.75, 3.05) is 19.0 Å². The molecule has 0 radical (unpaired) electrons. The summed E-state index contributed by atoms with van der Waals surface area (Å²) in [6.45, 7) is 2.30. The van der Waals surface area contributed by atoms with Gasteiger partial charge < -0.3 is 4.52 Å². The highest BCUT2D eigenvalue weighted by atomic mass is 32.9. The van der Waals surface area contributed by atoms with E-state index in [-0.39, 0.29) is 0 Å². The van der Waals surface area contributed by atoms with Crippen molar-refractivity contribution in [3.8, 4) is 0 Å². The van der Waals surface area contributed by atoms with E-state index in [1.54, 1.807) is 6.66 Å². The molecule has 0 heterocycles. The Morgan fingerprint density at radius 2 is 2.00 bits per heavy atom. The second-order valence-corrected chi connectivity index (χ2v) is 10.6. The van der Waals surface area contributed by atoms with Crippen LogP contribution in [0.5, 0.6) is 0 Å². The van der Waals surface area contributed by atoms with Crippen LogP contribution in [0.15, 0.2) is 0 Å². The highest BCUT2D eigenvalue weighted by Crippen LogP contribution is 2.57. The maximum absolute atomic E-state index is 11.7. The average Bonchev–Trinajstić information content (AvgIpc) is 1.97. The molecule has 0 aliphatic heterocycles. The van der Waals surface area contributed by atoms with Crippen molar-refractivity contribution in [2.24, 2.45) is 0 Å². The molecular weight excluding hydrogens is 240 g/mol. The third-order valence-electron chi connectivity index (χ3n) is 0.993. The van der Waals surface area contributed by atoms with Crippen molar-refractivity contribution in [3.05, 3.63) is 0 Å². The molecule has 0 N–H and O–H groups in total. The lowest BCUT2D eigenvalue weighted by Crippen LogP contribution is -2.15. The predicted molar refractivity (Wildman–Crippen MR) is 55.0 cm³/mol.